The Hall–Kier alpha value is -2.36. The van der Waals surface area contributed by atoms with Gasteiger partial charge in [0.1, 0.15) is 0 Å². The fourth-order valence-corrected chi connectivity index (χ4v) is 2.10. The highest BCUT2D eigenvalue weighted by atomic mass is 16.2. The van der Waals surface area contributed by atoms with Crippen molar-refractivity contribution >= 4 is 22.6 Å². The van der Waals surface area contributed by atoms with Crippen molar-refractivity contribution < 1.29 is 9.59 Å². The van der Waals surface area contributed by atoms with Gasteiger partial charge in [-0.15, -0.1) is 0 Å². The Bertz CT molecular complexity index is 670. The molecule has 1 amide bonds. The highest BCUT2D eigenvalue weighted by Gasteiger charge is 2.19. The Labute approximate surface area is 117 Å². The molecule has 0 radical (unpaired) electrons. The summed E-state index contributed by atoms with van der Waals surface area (Å²) in [4.78, 5) is 26.6. The number of fused-ring (bicyclic) bond motifs is 1. The fourth-order valence-electron chi connectivity index (χ4n) is 2.10. The minimum absolute atomic E-state index is 0.0649. The van der Waals surface area contributed by atoms with Crippen LogP contribution in [-0.2, 0) is 16.0 Å². The van der Waals surface area contributed by atoms with Crippen molar-refractivity contribution in [1.82, 2.24) is 10.3 Å². The Morgan fingerprint density at radius 2 is 2.00 bits per heavy atom. The molecule has 1 unspecified atom stereocenters. The van der Waals surface area contributed by atoms with E-state index in [1.165, 1.54) is 6.92 Å². The number of hydrogen-bond donors (Lipinski definition) is 2. The van der Waals surface area contributed by atoms with Crippen LogP contribution >= 0.6 is 0 Å². The van der Waals surface area contributed by atoms with Gasteiger partial charge < -0.3 is 10.3 Å². The van der Waals surface area contributed by atoms with Crippen molar-refractivity contribution in [3.8, 4) is 0 Å². The van der Waals surface area contributed by atoms with Crippen LogP contribution in [-0.4, -0.2) is 22.7 Å². The summed E-state index contributed by atoms with van der Waals surface area (Å²) in [5.74, 6) is -0.352. The second-order valence-corrected chi connectivity index (χ2v) is 4.98. The molecule has 20 heavy (non-hydrogen) atoms. The van der Waals surface area contributed by atoms with E-state index >= 15 is 0 Å². The number of H-pyrrole nitrogens is 1. The van der Waals surface area contributed by atoms with E-state index in [1.54, 1.807) is 6.92 Å². The normalized spacial score (nSPS) is 12.1. The average molecular weight is 270 g/mol. The molecule has 0 aliphatic heterocycles. The molecule has 0 spiro atoms. The zero-order valence-electron chi connectivity index (χ0n) is 11.7. The second-order valence-electron chi connectivity index (χ2n) is 4.98. The highest BCUT2D eigenvalue weighted by Crippen LogP contribution is 2.19. The minimum Gasteiger partial charge on any atom is -0.361 e. The van der Waals surface area contributed by atoms with E-state index in [1.807, 2.05) is 30.5 Å². The summed E-state index contributed by atoms with van der Waals surface area (Å²) in [5.41, 5.74) is 2.44. The molecule has 0 aliphatic carbocycles. The first-order valence-corrected chi connectivity index (χ1v) is 6.51. The SMILES string of the molecule is C=C(C)C(=O)NC(Cc1c[nH]c2ccccc12)C(C)=O. The highest BCUT2D eigenvalue weighted by molar-refractivity contribution is 5.96. The lowest BCUT2D eigenvalue weighted by Gasteiger charge is -2.15. The van der Waals surface area contributed by atoms with Crippen LogP contribution in [0, 0.1) is 0 Å². The Morgan fingerprint density at radius 1 is 1.30 bits per heavy atom. The summed E-state index contributed by atoms with van der Waals surface area (Å²) < 4.78 is 0. The first-order chi connectivity index (χ1) is 9.49. The predicted molar refractivity (Wildman–Crippen MR) is 79.4 cm³/mol. The van der Waals surface area contributed by atoms with E-state index in [9.17, 15) is 9.59 Å². The van der Waals surface area contributed by atoms with Gasteiger partial charge >= 0.3 is 0 Å². The maximum atomic E-state index is 11.7. The van der Waals surface area contributed by atoms with Gasteiger partial charge in [0.05, 0.1) is 6.04 Å². The fraction of sp³-hybridized carbons (Fsp3) is 0.250. The molecule has 4 heteroatoms. The number of benzene rings is 1. The van der Waals surface area contributed by atoms with Crippen LogP contribution in [0.5, 0.6) is 0 Å². The van der Waals surface area contributed by atoms with Gasteiger partial charge in [-0.2, -0.15) is 0 Å². The number of Topliss-reactive ketones (excluding diaryl/α,β-unsaturated/α-hetero) is 1. The van der Waals surface area contributed by atoms with Gasteiger partial charge in [-0.3, -0.25) is 9.59 Å². The molecule has 2 aromatic rings. The zero-order valence-corrected chi connectivity index (χ0v) is 11.7. The summed E-state index contributed by atoms with van der Waals surface area (Å²) in [5, 5.41) is 3.79. The predicted octanol–water partition coefficient (Wildman–Crippen LogP) is 2.36. The van der Waals surface area contributed by atoms with Gasteiger partial charge in [0.25, 0.3) is 0 Å². The molecule has 0 saturated carbocycles. The van der Waals surface area contributed by atoms with E-state index in [0.29, 0.717) is 12.0 Å². The maximum Gasteiger partial charge on any atom is 0.246 e. The molecule has 104 valence electrons. The molecule has 1 atom stereocenters. The Morgan fingerprint density at radius 3 is 2.65 bits per heavy atom. The van der Waals surface area contributed by atoms with Crippen molar-refractivity contribution in [2.24, 2.45) is 0 Å². The monoisotopic (exact) mass is 270 g/mol. The van der Waals surface area contributed by atoms with Crippen molar-refractivity contribution in [2.45, 2.75) is 26.3 Å². The van der Waals surface area contributed by atoms with Crippen LogP contribution in [0.4, 0.5) is 0 Å². The first kappa shape index (κ1) is 14.1. The molecule has 1 aromatic carbocycles. The van der Waals surface area contributed by atoms with Gasteiger partial charge in [0.15, 0.2) is 5.78 Å². The van der Waals surface area contributed by atoms with Crippen LogP contribution in [0.15, 0.2) is 42.6 Å². The van der Waals surface area contributed by atoms with Crippen molar-refractivity contribution in [3.05, 3.63) is 48.2 Å². The minimum atomic E-state index is -0.529. The van der Waals surface area contributed by atoms with Crippen LogP contribution in [0.1, 0.15) is 19.4 Å². The van der Waals surface area contributed by atoms with Gasteiger partial charge in [0.2, 0.25) is 5.91 Å². The second kappa shape index (κ2) is 5.74. The topological polar surface area (TPSA) is 62.0 Å². The lowest BCUT2D eigenvalue weighted by atomic mass is 10.0. The largest absolute Gasteiger partial charge is 0.361 e. The molecular weight excluding hydrogens is 252 g/mol. The first-order valence-electron chi connectivity index (χ1n) is 6.51. The number of hydrogen-bond acceptors (Lipinski definition) is 2. The molecule has 4 nitrogen and oxygen atoms in total. The lowest BCUT2D eigenvalue weighted by molar-refractivity contribution is -0.124. The molecule has 1 aromatic heterocycles. The van der Waals surface area contributed by atoms with Gasteiger partial charge in [-0.05, 0) is 25.5 Å². The molecule has 0 aliphatic rings. The molecule has 2 N–H and O–H groups in total. The number of nitrogens with one attached hydrogen (secondary N) is 2. The summed E-state index contributed by atoms with van der Waals surface area (Å²) in [6, 6.07) is 7.36. The van der Waals surface area contributed by atoms with Crippen molar-refractivity contribution in [3.63, 3.8) is 0 Å². The standard InChI is InChI=1S/C16H18N2O2/c1-10(2)16(20)18-15(11(3)19)8-12-9-17-14-7-5-4-6-13(12)14/h4-7,9,15,17H,1,8H2,2-3H3,(H,18,20). The van der Waals surface area contributed by atoms with Gasteiger partial charge in [-0.1, -0.05) is 24.8 Å². The molecule has 0 fully saturated rings. The quantitative estimate of drug-likeness (QED) is 0.819. The lowest BCUT2D eigenvalue weighted by Crippen LogP contribution is -2.41. The molecule has 0 bridgehead atoms. The zero-order chi connectivity index (χ0) is 14.7. The number of amides is 1. The maximum absolute atomic E-state index is 11.7. The summed E-state index contributed by atoms with van der Waals surface area (Å²) in [6.45, 7) is 6.69. The Balaban J connectivity index is 2.22. The Kier molecular flexibility index (Phi) is 4.03. The third-order valence-electron chi connectivity index (χ3n) is 3.28. The number of rotatable bonds is 5. The van der Waals surface area contributed by atoms with E-state index in [0.717, 1.165) is 16.5 Å². The van der Waals surface area contributed by atoms with Crippen LogP contribution in [0.2, 0.25) is 0 Å². The van der Waals surface area contributed by atoms with E-state index in [2.05, 4.69) is 16.9 Å². The van der Waals surface area contributed by atoms with Crippen molar-refractivity contribution in [2.75, 3.05) is 0 Å². The van der Waals surface area contributed by atoms with Crippen LogP contribution in [0.3, 0.4) is 0 Å². The van der Waals surface area contributed by atoms with Crippen molar-refractivity contribution in [1.29, 1.82) is 0 Å². The van der Waals surface area contributed by atoms with E-state index in [-0.39, 0.29) is 11.7 Å². The molecule has 1 heterocycles. The van der Waals surface area contributed by atoms with Crippen LogP contribution in [0.25, 0.3) is 10.9 Å². The number of aromatic nitrogens is 1. The average Bonchev–Trinajstić information content (AvgIpc) is 2.81. The molecule has 2 rings (SSSR count). The van der Waals surface area contributed by atoms with E-state index < -0.39 is 6.04 Å². The summed E-state index contributed by atoms with van der Waals surface area (Å²) >= 11 is 0. The van der Waals surface area contributed by atoms with E-state index in [4.69, 9.17) is 0 Å². The smallest absolute Gasteiger partial charge is 0.246 e. The number of carbonyl (C=O) groups excluding carboxylic acids is 2. The third-order valence-corrected chi connectivity index (χ3v) is 3.28. The van der Waals surface area contributed by atoms with Crippen LogP contribution < -0.4 is 5.32 Å². The third kappa shape index (κ3) is 2.96. The number of para-hydroxylation sites is 1. The number of ketones is 1. The number of aromatic amines is 1. The number of carbonyl (C=O) groups is 2. The van der Waals surface area contributed by atoms with Gasteiger partial charge in [0, 0.05) is 29.1 Å². The van der Waals surface area contributed by atoms with Gasteiger partial charge in [-0.25, -0.2) is 0 Å². The summed E-state index contributed by atoms with van der Waals surface area (Å²) in [7, 11) is 0. The molecule has 0 saturated heterocycles. The summed E-state index contributed by atoms with van der Waals surface area (Å²) in [6.07, 6.45) is 2.35. The molecular formula is C16H18N2O2.